The summed E-state index contributed by atoms with van der Waals surface area (Å²) in [5.41, 5.74) is 1.38. The number of sulfonamides is 1. The van der Waals surface area contributed by atoms with Crippen LogP contribution in [0.25, 0.3) is 0 Å². The monoisotopic (exact) mass is 417 g/mol. The molecular formula is C21H27N3O4S. The first-order valence-electron chi connectivity index (χ1n) is 9.66. The fraction of sp³-hybridized carbons (Fsp3) is 0.381. The van der Waals surface area contributed by atoms with Crippen molar-refractivity contribution in [3.8, 4) is 0 Å². The van der Waals surface area contributed by atoms with Crippen LogP contribution in [0.2, 0.25) is 0 Å². The molecule has 0 radical (unpaired) electrons. The molecule has 1 saturated heterocycles. The molecule has 0 atom stereocenters. The fourth-order valence-electron chi connectivity index (χ4n) is 3.14. The Balaban J connectivity index is 1.52. The van der Waals surface area contributed by atoms with Gasteiger partial charge in [-0.05, 0) is 29.8 Å². The molecule has 29 heavy (non-hydrogen) atoms. The van der Waals surface area contributed by atoms with Crippen molar-refractivity contribution in [2.45, 2.75) is 11.3 Å². The van der Waals surface area contributed by atoms with Gasteiger partial charge in [-0.25, -0.2) is 8.42 Å². The number of anilines is 1. The van der Waals surface area contributed by atoms with Crippen LogP contribution in [0.15, 0.2) is 59.5 Å². The van der Waals surface area contributed by atoms with Crippen molar-refractivity contribution in [2.24, 2.45) is 0 Å². The van der Waals surface area contributed by atoms with E-state index in [0.717, 1.165) is 38.4 Å². The van der Waals surface area contributed by atoms with Crippen LogP contribution < -0.4 is 9.62 Å². The minimum Gasteiger partial charge on any atom is -0.379 e. The Morgan fingerprint density at radius 1 is 1.07 bits per heavy atom. The molecule has 2 aromatic rings. The maximum atomic E-state index is 12.7. The molecule has 3 rings (SSSR count). The molecule has 0 saturated carbocycles. The number of ether oxygens (including phenoxy) is 1. The van der Waals surface area contributed by atoms with Crippen LogP contribution >= 0.6 is 0 Å². The molecule has 1 aliphatic rings. The lowest BCUT2D eigenvalue weighted by molar-refractivity contribution is -0.120. The summed E-state index contributed by atoms with van der Waals surface area (Å²) in [7, 11) is -2.09. The minimum absolute atomic E-state index is 0.0451. The van der Waals surface area contributed by atoms with E-state index in [0.29, 0.717) is 12.2 Å². The predicted octanol–water partition coefficient (Wildman–Crippen LogP) is 1.50. The van der Waals surface area contributed by atoms with Gasteiger partial charge in [0.05, 0.1) is 30.2 Å². The van der Waals surface area contributed by atoms with Gasteiger partial charge in [0.15, 0.2) is 0 Å². The number of benzene rings is 2. The second-order valence-electron chi connectivity index (χ2n) is 6.93. The van der Waals surface area contributed by atoms with Crippen LogP contribution in [-0.4, -0.2) is 65.7 Å². The van der Waals surface area contributed by atoms with E-state index in [-0.39, 0.29) is 17.2 Å². The first kappa shape index (κ1) is 21.3. The Morgan fingerprint density at radius 3 is 2.38 bits per heavy atom. The quantitative estimate of drug-likeness (QED) is 0.704. The number of hydrogen-bond acceptors (Lipinski definition) is 5. The maximum Gasteiger partial charge on any atom is 0.264 e. The highest BCUT2D eigenvalue weighted by molar-refractivity contribution is 7.92. The second kappa shape index (κ2) is 9.87. The van der Waals surface area contributed by atoms with Crippen molar-refractivity contribution in [1.29, 1.82) is 0 Å². The summed E-state index contributed by atoms with van der Waals surface area (Å²) in [6.07, 6.45) is 0.262. The zero-order chi connectivity index (χ0) is 20.7. The van der Waals surface area contributed by atoms with Gasteiger partial charge in [-0.3, -0.25) is 14.0 Å². The highest BCUT2D eigenvalue weighted by Gasteiger charge is 2.20. The lowest BCUT2D eigenvalue weighted by Gasteiger charge is -2.26. The summed E-state index contributed by atoms with van der Waals surface area (Å²) in [6, 6.07) is 15.3. The van der Waals surface area contributed by atoms with Gasteiger partial charge < -0.3 is 10.1 Å². The summed E-state index contributed by atoms with van der Waals surface area (Å²) >= 11 is 0. The van der Waals surface area contributed by atoms with Crippen LogP contribution in [0.5, 0.6) is 0 Å². The smallest absolute Gasteiger partial charge is 0.264 e. The van der Waals surface area contributed by atoms with Crippen molar-refractivity contribution >= 4 is 21.6 Å². The Kier molecular flexibility index (Phi) is 7.24. The molecule has 0 bridgehead atoms. The van der Waals surface area contributed by atoms with Gasteiger partial charge >= 0.3 is 0 Å². The number of amides is 1. The summed E-state index contributed by atoms with van der Waals surface area (Å²) in [4.78, 5) is 14.7. The molecule has 1 N–H and O–H groups in total. The Labute approximate surface area is 172 Å². The molecule has 0 aliphatic carbocycles. The summed E-state index contributed by atoms with van der Waals surface area (Å²) in [6.45, 7) is 4.71. The van der Waals surface area contributed by atoms with E-state index in [9.17, 15) is 13.2 Å². The Hall–Kier alpha value is -2.42. The molecule has 0 aromatic heterocycles. The van der Waals surface area contributed by atoms with E-state index < -0.39 is 10.0 Å². The third-order valence-electron chi connectivity index (χ3n) is 4.92. The van der Waals surface area contributed by atoms with E-state index in [1.807, 2.05) is 0 Å². The number of morpholine rings is 1. The number of nitrogens with one attached hydrogen (secondary N) is 1. The van der Waals surface area contributed by atoms with Crippen molar-refractivity contribution < 1.29 is 17.9 Å². The van der Waals surface area contributed by atoms with Gasteiger partial charge in [0, 0.05) is 33.2 Å². The molecule has 8 heteroatoms. The SMILES string of the molecule is CN(c1ccc(CC(=O)NCCN2CCOCC2)cc1)S(=O)(=O)c1ccccc1. The normalized spacial score (nSPS) is 15.1. The predicted molar refractivity (Wildman–Crippen MR) is 112 cm³/mol. The Bertz CT molecular complexity index is 895. The van der Waals surface area contributed by atoms with Crippen molar-refractivity contribution in [3.05, 3.63) is 60.2 Å². The highest BCUT2D eigenvalue weighted by Crippen LogP contribution is 2.22. The average Bonchev–Trinajstić information content (AvgIpc) is 2.75. The van der Waals surface area contributed by atoms with Crippen molar-refractivity contribution in [1.82, 2.24) is 10.2 Å². The third-order valence-corrected chi connectivity index (χ3v) is 6.72. The molecule has 1 aliphatic heterocycles. The Morgan fingerprint density at radius 2 is 1.72 bits per heavy atom. The van der Waals surface area contributed by atoms with Gasteiger partial charge in [0.25, 0.3) is 10.0 Å². The first-order chi connectivity index (χ1) is 14.0. The van der Waals surface area contributed by atoms with Crippen molar-refractivity contribution in [2.75, 3.05) is 50.7 Å². The lowest BCUT2D eigenvalue weighted by Crippen LogP contribution is -2.41. The van der Waals surface area contributed by atoms with Gasteiger partial charge in [-0.1, -0.05) is 30.3 Å². The lowest BCUT2D eigenvalue weighted by atomic mass is 10.1. The van der Waals surface area contributed by atoms with Gasteiger partial charge in [0.1, 0.15) is 0 Å². The van der Waals surface area contributed by atoms with E-state index >= 15 is 0 Å². The zero-order valence-corrected chi connectivity index (χ0v) is 17.4. The van der Waals surface area contributed by atoms with E-state index in [4.69, 9.17) is 4.74 Å². The molecule has 156 valence electrons. The maximum absolute atomic E-state index is 12.7. The molecule has 1 heterocycles. The van der Waals surface area contributed by atoms with Crippen LogP contribution in [-0.2, 0) is 26.0 Å². The number of carbonyl (C=O) groups is 1. The largest absolute Gasteiger partial charge is 0.379 e. The molecule has 7 nitrogen and oxygen atoms in total. The van der Waals surface area contributed by atoms with E-state index in [2.05, 4.69) is 10.2 Å². The van der Waals surface area contributed by atoms with Crippen LogP contribution in [0.1, 0.15) is 5.56 Å². The molecule has 0 unspecified atom stereocenters. The number of rotatable bonds is 8. The number of hydrogen-bond donors (Lipinski definition) is 1. The molecule has 1 amide bonds. The average molecular weight is 418 g/mol. The number of nitrogens with zero attached hydrogens (tertiary/aromatic N) is 2. The molecule has 1 fully saturated rings. The van der Waals surface area contributed by atoms with E-state index in [1.54, 1.807) is 54.6 Å². The standard InChI is InChI=1S/C21H27N3O4S/c1-23(29(26,27)20-5-3-2-4-6-20)19-9-7-18(8-10-19)17-21(25)22-11-12-24-13-15-28-16-14-24/h2-10H,11-17H2,1H3,(H,22,25). The molecule has 2 aromatic carbocycles. The number of carbonyl (C=O) groups excluding carboxylic acids is 1. The topological polar surface area (TPSA) is 79.0 Å². The van der Waals surface area contributed by atoms with Gasteiger partial charge in [0.2, 0.25) is 5.91 Å². The fourth-order valence-corrected chi connectivity index (χ4v) is 4.36. The first-order valence-corrected chi connectivity index (χ1v) is 11.1. The van der Waals surface area contributed by atoms with Crippen molar-refractivity contribution in [3.63, 3.8) is 0 Å². The molecular weight excluding hydrogens is 390 g/mol. The van der Waals surface area contributed by atoms with Gasteiger partial charge in [-0.15, -0.1) is 0 Å². The van der Waals surface area contributed by atoms with Gasteiger partial charge in [-0.2, -0.15) is 0 Å². The third kappa shape index (κ3) is 5.79. The minimum atomic E-state index is -3.61. The zero-order valence-electron chi connectivity index (χ0n) is 16.6. The summed E-state index contributed by atoms with van der Waals surface area (Å²) < 4.78 is 31.9. The highest BCUT2D eigenvalue weighted by atomic mass is 32.2. The van der Waals surface area contributed by atoms with E-state index in [1.165, 1.54) is 11.4 Å². The van der Waals surface area contributed by atoms with Crippen LogP contribution in [0.4, 0.5) is 5.69 Å². The summed E-state index contributed by atoms with van der Waals surface area (Å²) in [5, 5.41) is 2.93. The van der Waals surface area contributed by atoms with Crippen LogP contribution in [0, 0.1) is 0 Å². The second-order valence-corrected chi connectivity index (χ2v) is 8.90. The van der Waals surface area contributed by atoms with Crippen LogP contribution in [0.3, 0.4) is 0 Å². The summed E-state index contributed by atoms with van der Waals surface area (Å²) in [5.74, 6) is -0.0451. The molecule has 0 spiro atoms.